The number of aromatic amines is 1. The number of alkyl halides is 2. The summed E-state index contributed by atoms with van der Waals surface area (Å²) in [5, 5.41) is 8.54. The number of hydrogen-bond acceptors (Lipinski definition) is 3. The number of carboxylic acids is 1. The van der Waals surface area contributed by atoms with Crippen LogP contribution in [0, 0.1) is 0 Å². The Hall–Kier alpha value is -1.50. The Morgan fingerprint density at radius 2 is 2.40 bits per heavy atom. The summed E-state index contributed by atoms with van der Waals surface area (Å²) in [6.07, 6.45) is -1.04. The smallest absolute Gasteiger partial charge is 0.353 e. The van der Waals surface area contributed by atoms with E-state index in [0.29, 0.717) is 5.82 Å². The van der Waals surface area contributed by atoms with Crippen molar-refractivity contribution in [2.24, 2.45) is 0 Å². The maximum Gasteiger partial charge on any atom is 0.353 e. The van der Waals surface area contributed by atoms with Crippen LogP contribution < -0.4 is 0 Å². The van der Waals surface area contributed by atoms with Crippen molar-refractivity contribution in [1.29, 1.82) is 0 Å². The van der Waals surface area contributed by atoms with Gasteiger partial charge >= 0.3 is 5.97 Å². The molecule has 15 heavy (non-hydrogen) atoms. The molecule has 0 bridgehead atoms. The minimum Gasteiger partial charge on any atom is -0.477 e. The number of hydrogen-bond donors (Lipinski definition) is 2. The van der Waals surface area contributed by atoms with E-state index >= 15 is 0 Å². The molecule has 1 heterocycles. The largest absolute Gasteiger partial charge is 0.477 e. The molecule has 0 aliphatic carbocycles. The fourth-order valence-corrected chi connectivity index (χ4v) is 0.939. The second kappa shape index (κ2) is 5.40. The third-order valence-corrected chi connectivity index (χ3v) is 1.59. The molecule has 0 aliphatic heterocycles. The third-order valence-electron chi connectivity index (χ3n) is 1.59. The van der Waals surface area contributed by atoms with Gasteiger partial charge in [0.15, 0.2) is 0 Å². The third kappa shape index (κ3) is 4.03. The quantitative estimate of drug-likeness (QED) is 0.699. The number of nitrogens with one attached hydrogen (secondary N) is 1. The zero-order valence-electron chi connectivity index (χ0n) is 7.74. The first-order chi connectivity index (χ1) is 7.09. The van der Waals surface area contributed by atoms with Crippen molar-refractivity contribution in [2.75, 3.05) is 13.2 Å². The fraction of sp³-hybridized carbons (Fsp3) is 0.500. The number of aromatic nitrogens is 2. The van der Waals surface area contributed by atoms with Gasteiger partial charge in [0, 0.05) is 6.42 Å². The Kier molecular flexibility index (Phi) is 4.17. The Morgan fingerprint density at radius 1 is 1.67 bits per heavy atom. The number of carboxylic acid groups (broad SMARTS) is 1. The van der Waals surface area contributed by atoms with Gasteiger partial charge in [0.25, 0.3) is 6.43 Å². The Morgan fingerprint density at radius 3 is 2.93 bits per heavy atom. The molecule has 0 aliphatic rings. The van der Waals surface area contributed by atoms with Gasteiger partial charge in [0.05, 0.1) is 12.8 Å². The van der Waals surface area contributed by atoms with Crippen molar-refractivity contribution >= 4 is 5.97 Å². The average Bonchev–Trinajstić information content (AvgIpc) is 2.60. The summed E-state index contributed by atoms with van der Waals surface area (Å²) in [7, 11) is 0. The van der Waals surface area contributed by atoms with Crippen molar-refractivity contribution < 1.29 is 23.4 Å². The van der Waals surface area contributed by atoms with Crippen LogP contribution in [0.4, 0.5) is 8.78 Å². The highest BCUT2D eigenvalue weighted by Gasteiger charge is 2.07. The molecular formula is C8H10F2N2O3. The molecule has 0 atom stereocenters. The number of imidazole rings is 1. The molecule has 0 aromatic carbocycles. The molecule has 1 rings (SSSR count). The number of halogens is 2. The molecule has 5 nitrogen and oxygen atoms in total. The van der Waals surface area contributed by atoms with Gasteiger partial charge in [0.2, 0.25) is 0 Å². The molecule has 1 aromatic heterocycles. The SMILES string of the molecule is O=C(O)c1cnc(CCOCC(F)F)[nH]1. The zero-order chi connectivity index (χ0) is 11.3. The molecule has 2 N–H and O–H groups in total. The Bertz CT molecular complexity index is 327. The lowest BCUT2D eigenvalue weighted by Crippen LogP contribution is -2.07. The van der Waals surface area contributed by atoms with Crippen molar-refractivity contribution in [1.82, 2.24) is 9.97 Å². The summed E-state index contributed by atoms with van der Waals surface area (Å²) < 4.78 is 27.9. The summed E-state index contributed by atoms with van der Waals surface area (Å²) in [6, 6.07) is 0. The number of ether oxygens (including phenoxy) is 1. The Labute approximate surface area is 84.1 Å². The first-order valence-corrected chi connectivity index (χ1v) is 4.22. The molecule has 0 unspecified atom stereocenters. The van der Waals surface area contributed by atoms with Crippen LogP contribution in [-0.4, -0.2) is 40.7 Å². The maximum atomic E-state index is 11.6. The van der Waals surface area contributed by atoms with Gasteiger partial charge in [-0.1, -0.05) is 0 Å². The number of rotatable bonds is 6. The number of aromatic carboxylic acids is 1. The number of H-pyrrole nitrogens is 1. The van der Waals surface area contributed by atoms with Gasteiger partial charge in [-0.15, -0.1) is 0 Å². The average molecular weight is 220 g/mol. The number of nitrogens with zero attached hydrogens (tertiary/aromatic N) is 1. The highest BCUT2D eigenvalue weighted by atomic mass is 19.3. The summed E-state index contributed by atoms with van der Waals surface area (Å²) >= 11 is 0. The lowest BCUT2D eigenvalue weighted by atomic mass is 10.4. The first-order valence-electron chi connectivity index (χ1n) is 4.22. The van der Waals surface area contributed by atoms with Crippen LogP contribution in [0.25, 0.3) is 0 Å². The predicted molar refractivity (Wildman–Crippen MR) is 46.1 cm³/mol. The van der Waals surface area contributed by atoms with Crippen molar-refractivity contribution in [3.63, 3.8) is 0 Å². The van der Waals surface area contributed by atoms with E-state index in [0.717, 1.165) is 0 Å². The van der Waals surface area contributed by atoms with E-state index in [2.05, 4.69) is 14.7 Å². The van der Waals surface area contributed by atoms with Gasteiger partial charge in [-0.3, -0.25) is 0 Å². The van der Waals surface area contributed by atoms with Crippen molar-refractivity contribution in [3.05, 3.63) is 17.7 Å². The van der Waals surface area contributed by atoms with Crippen LogP contribution >= 0.6 is 0 Å². The topological polar surface area (TPSA) is 75.2 Å². The monoisotopic (exact) mass is 220 g/mol. The van der Waals surface area contributed by atoms with Gasteiger partial charge in [-0.05, 0) is 0 Å². The van der Waals surface area contributed by atoms with Crippen LogP contribution in [0.1, 0.15) is 16.3 Å². The molecule has 1 aromatic rings. The molecular weight excluding hydrogens is 210 g/mol. The fourth-order valence-electron chi connectivity index (χ4n) is 0.939. The lowest BCUT2D eigenvalue weighted by Gasteiger charge is -2.00. The zero-order valence-corrected chi connectivity index (χ0v) is 7.74. The summed E-state index contributed by atoms with van der Waals surface area (Å²) in [6.45, 7) is -0.538. The summed E-state index contributed by atoms with van der Waals surface area (Å²) in [5.74, 6) is -0.705. The lowest BCUT2D eigenvalue weighted by molar-refractivity contribution is 0.0183. The molecule has 0 saturated heterocycles. The molecule has 7 heteroatoms. The molecule has 0 amide bonds. The second-order valence-corrected chi connectivity index (χ2v) is 2.76. The van der Waals surface area contributed by atoms with Crippen molar-refractivity contribution in [3.8, 4) is 0 Å². The molecule has 0 spiro atoms. The molecule has 0 fully saturated rings. The van der Waals surface area contributed by atoms with Crippen LogP contribution in [0.5, 0.6) is 0 Å². The molecule has 84 valence electrons. The highest BCUT2D eigenvalue weighted by Crippen LogP contribution is 1.99. The van der Waals surface area contributed by atoms with Gasteiger partial charge < -0.3 is 14.8 Å². The summed E-state index contributed by atoms with van der Waals surface area (Å²) in [4.78, 5) is 16.7. The summed E-state index contributed by atoms with van der Waals surface area (Å²) in [5.41, 5.74) is -0.0288. The van der Waals surface area contributed by atoms with Crippen LogP contribution in [0.2, 0.25) is 0 Å². The van der Waals surface area contributed by atoms with Gasteiger partial charge in [-0.2, -0.15) is 0 Å². The maximum absolute atomic E-state index is 11.6. The normalized spacial score (nSPS) is 10.9. The van der Waals surface area contributed by atoms with Crippen LogP contribution in [0.15, 0.2) is 6.20 Å². The minimum atomic E-state index is -2.49. The molecule has 0 saturated carbocycles. The Balaban J connectivity index is 2.29. The number of carbonyl (C=O) groups is 1. The van der Waals surface area contributed by atoms with E-state index < -0.39 is 19.0 Å². The van der Waals surface area contributed by atoms with Gasteiger partial charge in [0.1, 0.15) is 18.1 Å². The van der Waals surface area contributed by atoms with Gasteiger partial charge in [-0.25, -0.2) is 18.6 Å². The molecule has 0 radical (unpaired) electrons. The van der Waals surface area contributed by atoms with Crippen molar-refractivity contribution in [2.45, 2.75) is 12.8 Å². The highest BCUT2D eigenvalue weighted by molar-refractivity contribution is 5.84. The van der Waals surface area contributed by atoms with E-state index in [1.165, 1.54) is 6.20 Å². The standard InChI is InChI=1S/C8H10F2N2O3/c9-6(10)4-15-2-1-7-11-3-5(12-7)8(13)14/h3,6H,1-2,4H2,(H,11,12)(H,13,14). The second-order valence-electron chi connectivity index (χ2n) is 2.76. The van der Waals surface area contributed by atoms with Crippen LogP contribution in [0.3, 0.4) is 0 Å². The van der Waals surface area contributed by atoms with E-state index in [9.17, 15) is 13.6 Å². The minimum absolute atomic E-state index is 0.0288. The van der Waals surface area contributed by atoms with Crippen LogP contribution in [-0.2, 0) is 11.2 Å². The van der Waals surface area contributed by atoms with E-state index in [1.54, 1.807) is 0 Å². The predicted octanol–water partition coefficient (Wildman–Crippen LogP) is 0.932. The van der Waals surface area contributed by atoms with E-state index in [-0.39, 0.29) is 18.7 Å². The first kappa shape index (κ1) is 11.6. The van der Waals surface area contributed by atoms with E-state index in [1.807, 2.05) is 0 Å². The van der Waals surface area contributed by atoms with E-state index in [4.69, 9.17) is 5.11 Å².